The number of nitriles is 1. The molecule has 1 aliphatic rings. The zero-order chi connectivity index (χ0) is 19.4. The third kappa shape index (κ3) is 4.49. The summed E-state index contributed by atoms with van der Waals surface area (Å²) in [5.74, 6) is 0.295. The topological polar surface area (TPSA) is 87.5 Å². The van der Waals surface area contributed by atoms with Crippen LogP contribution in [0.15, 0.2) is 57.9 Å². The summed E-state index contributed by atoms with van der Waals surface area (Å²) in [6, 6.07) is 14.9. The van der Waals surface area contributed by atoms with Gasteiger partial charge in [-0.15, -0.1) is 0 Å². The van der Waals surface area contributed by atoms with Gasteiger partial charge in [0.15, 0.2) is 9.84 Å². The summed E-state index contributed by atoms with van der Waals surface area (Å²) in [7, 11) is -3.43. The first-order valence-corrected chi connectivity index (χ1v) is 10.7. The smallest absolute Gasteiger partial charge is 0.410 e. The van der Waals surface area contributed by atoms with Gasteiger partial charge in [-0.25, -0.2) is 13.2 Å². The Hall–Kier alpha value is -2.37. The molecule has 0 aromatic heterocycles. The largest absolute Gasteiger partial charge is 0.415 e. The van der Waals surface area contributed by atoms with Gasteiger partial charge < -0.3 is 9.64 Å². The molecule has 0 bridgehead atoms. The normalized spacial score (nSPS) is 15.2. The Morgan fingerprint density at radius 1 is 1.15 bits per heavy atom. The fourth-order valence-corrected chi connectivity index (χ4v) is 4.96. The molecule has 0 saturated carbocycles. The number of carbonyl (C=O) groups is 1. The Morgan fingerprint density at radius 3 is 2.44 bits per heavy atom. The highest BCUT2D eigenvalue weighted by molar-refractivity contribution is 9.10. The number of rotatable bonds is 3. The van der Waals surface area contributed by atoms with Gasteiger partial charge in [0.25, 0.3) is 0 Å². The Morgan fingerprint density at radius 2 is 1.81 bits per heavy atom. The standard InChI is InChI=1S/C19H17BrN2O4S/c20-15-4-6-17(7-5-15)27(24,25)18-8-10-22(11-9-18)19(23)26-16-3-1-2-14(12-16)13-21/h1-7,12,18H,8-11H2. The van der Waals surface area contributed by atoms with E-state index in [1.54, 1.807) is 42.5 Å². The van der Waals surface area contributed by atoms with Crippen molar-refractivity contribution < 1.29 is 17.9 Å². The number of sulfone groups is 1. The van der Waals surface area contributed by atoms with Gasteiger partial charge in [-0.3, -0.25) is 0 Å². The van der Waals surface area contributed by atoms with Crippen LogP contribution in [0.1, 0.15) is 18.4 Å². The number of amides is 1. The van der Waals surface area contributed by atoms with Crippen LogP contribution in [-0.2, 0) is 9.84 Å². The number of nitrogens with zero attached hydrogens (tertiary/aromatic N) is 2. The number of likely N-dealkylation sites (tertiary alicyclic amines) is 1. The van der Waals surface area contributed by atoms with Crippen molar-refractivity contribution in [3.05, 3.63) is 58.6 Å². The second-order valence-electron chi connectivity index (χ2n) is 6.19. The van der Waals surface area contributed by atoms with Crippen LogP contribution in [0.2, 0.25) is 0 Å². The quantitative estimate of drug-likeness (QED) is 0.712. The van der Waals surface area contributed by atoms with E-state index in [9.17, 15) is 13.2 Å². The molecular weight excluding hydrogens is 432 g/mol. The summed E-state index contributed by atoms with van der Waals surface area (Å²) in [6.07, 6.45) is 0.168. The van der Waals surface area contributed by atoms with Gasteiger partial charge in [0, 0.05) is 17.6 Å². The van der Waals surface area contributed by atoms with Crippen LogP contribution >= 0.6 is 15.9 Å². The average Bonchev–Trinajstić information content (AvgIpc) is 2.68. The van der Waals surface area contributed by atoms with Crippen LogP contribution in [0.4, 0.5) is 4.79 Å². The molecule has 1 fully saturated rings. The predicted molar refractivity (Wildman–Crippen MR) is 103 cm³/mol. The first-order valence-electron chi connectivity index (χ1n) is 8.36. The van der Waals surface area contributed by atoms with Crippen LogP contribution in [0.3, 0.4) is 0 Å². The predicted octanol–water partition coefficient (Wildman–Crippen LogP) is 3.76. The molecule has 6 nitrogen and oxygen atoms in total. The van der Waals surface area contributed by atoms with Crippen LogP contribution in [0, 0.1) is 11.3 Å². The van der Waals surface area contributed by atoms with E-state index in [1.807, 2.05) is 6.07 Å². The lowest BCUT2D eigenvalue weighted by molar-refractivity contribution is 0.143. The highest BCUT2D eigenvalue weighted by Crippen LogP contribution is 2.26. The van der Waals surface area contributed by atoms with Gasteiger partial charge in [0.05, 0.1) is 21.8 Å². The van der Waals surface area contributed by atoms with E-state index < -0.39 is 21.2 Å². The summed E-state index contributed by atoms with van der Waals surface area (Å²) in [5, 5.41) is 8.38. The molecule has 1 aliphatic heterocycles. The van der Waals surface area contributed by atoms with Crippen molar-refractivity contribution in [2.45, 2.75) is 23.0 Å². The molecule has 3 rings (SSSR count). The lowest BCUT2D eigenvalue weighted by Gasteiger charge is -2.31. The van der Waals surface area contributed by atoms with Gasteiger partial charge in [-0.05, 0) is 55.3 Å². The molecular formula is C19H17BrN2O4S. The van der Waals surface area contributed by atoms with E-state index in [1.165, 1.54) is 11.0 Å². The molecule has 1 saturated heterocycles. The van der Waals surface area contributed by atoms with E-state index in [2.05, 4.69) is 15.9 Å². The minimum atomic E-state index is -3.43. The van der Waals surface area contributed by atoms with Gasteiger partial charge in [-0.2, -0.15) is 5.26 Å². The molecule has 2 aromatic carbocycles. The van der Waals surface area contributed by atoms with Crippen molar-refractivity contribution in [2.75, 3.05) is 13.1 Å². The van der Waals surface area contributed by atoms with Crippen LogP contribution in [-0.4, -0.2) is 37.8 Å². The van der Waals surface area contributed by atoms with E-state index in [0.717, 1.165) is 4.47 Å². The number of benzene rings is 2. The van der Waals surface area contributed by atoms with Crippen LogP contribution in [0.5, 0.6) is 5.75 Å². The van der Waals surface area contributed by atoms with Crippen molar-refractivity contribution in [3.63, 3.8) is 0 Å². The molecule has 1 heterocycles. The summed E-state index contributed by atoms with van der Waals surface area (Å²) in [5.41, 5.74) is 0.402. The summed E-state index contributed by atoms with van der Waals surface area (Å²) in [4.78, 5) is 14.1. The van der Waals surface area contributed by atoms with Gasteiger partial charge in [-0.1, -0.05) is 22.0 Å². The Kier molecular flexibility index (Phi) is 5.82. The minimum Gasteiger partial charge on any atom is -0.410 e. The maximum absolute atomic E-state index is 12.8. The minimum absolute atomic E-state index is 0.292. The third-order valence-electron chi connectivity index (χ3n) is 4.45. The molecule has 1 amide bonds. The summed E-state index contributed by atoms with van der Waals surface area (Å²) in [6.45, 7) is 0.606. The van der Waals surface area contributed by atoms with Crippen molar-refractivity contribution in [2.24, 2.45) is 0 Å². The second kappa shape index (κ2) is 8.11. The fourth-order valence-electron chi connectivity index (χ4n) is 2.96. The number of carbonyl (C=O) groups excluding carboxylic acids is 1. The molecule has 0 atom stereocenters. The van der Waals surface area contributed by atoms with E-state index >= 15 is 0 Å². The second-order valence-corrected chi connectivity index (χ2v) is 9.34. The number of halogens is 1. The van der Waals surface area contributed by atoms with Gasteiger partial charge in [0.2, 0.25) is 0 Å². The van der Waals surface area contributed by atoms with Gasteiger partial charge in [0.1, 0.15) is 5.75 Å². The lowest BCUT2D eigenvalue weighted by atomic mass is 10.1. The zero-order valence-electron chi connectivity index (χ0n) is 14.3. The van der Waals surface area contributed by atoms with E-state index in [-0.39, 0.29) is 0 Å². The zero-order valence-corrected chi connectivity index (χ0v) is 16.7. The van der Waals surface area contributed by atoms with Crippen molar-refractivity contribution in [1.82, 2.24) is 4.90 Å². The number of hydrogen-bond acceptors (Lipinski definition) is 5. The summed E-state index contributed by atoms with van der Waals surface area (Å²) < 4.78 is 31.6. The molecule has 2 aromatic rings. The molecule has 140 valence electrons. The third-order valence-corrected chi connectivity index (χ3v) is 7.26. The van der Waals surface area contributed by atoms with Crippen LogP contribution in [0.25, 0.3) is 0 Å². The molecule has 0 radical (unpaired) electrons. The van der Waals surface area contributed by atoms with Crippen molar-refractivity contribution in [3.8, 4) is 11.8 Å². The Balaban J connectivity index is 1.62. The number of piperidine rings is 1. The number of ether oxygens (including phenoxy) is 1. The summed E-state index contributed by atoms with van der Waals surface area (Å²) >= 11 is 3.30. The molecule has 8 heteroatoms. The highest BCUT2D eigenvalue weighted by atomic mass is 79.9. The molecule has 0 aliphatic carbocycles. The molecule has 0 spiro atoms. The first-order chi connectivity index (χ1) is 12.9. The monoisotopic (exact) mass is 448 g/mol. The molecule has 27 heavy (non-hydrogen) atoms. The number of hydrogen-bond donors (Lipinski definition) is 0. The van der Waals surface area contributed by atoms with Gasteiger partial charge >= 0.3 is 6.09 Å². The lowest BCUT2D eigenvalue weighted by Crippen LogP contribution is -2.43. The Bertz CT molecular complexity index is 976. The molecule has 0 unspecified atom stereocenters. The Labute approximate surface area is 166 Å². The fraction of sp³-hybridized carbons (Fsp3) is 0.263. The molecule has 0 N–H and O–H groups in total. The maximum Gasteiger partial charge on any atom is 0.415 e. The SMILES string of the molecule is N#Cc1cccc(OC(=O)N2CCC(S(=O)(=O)c3ccc(Br)cc3)CC2)c1. The maximum atomic E-state index is 12.8. The first kappa shape index (κ1) is 19.4. The van der Waals surface area contributed by atoms with E-state index in [0.29, 0.717) is 42.1 Å². The average molecular weight is 449 g/mol. The van der Waals surface area contributed by atoms with E-state index in [4.69, 9.17) is 10.00 Å². The van der Waals surface area contributed by atoms with Crippen LogP contribution < -0.4 is 4.74 Å². The van der Waals surface area contributed by atoms with Crippen molar-refractivity contribution >= 4 is 31.9 Å². The highest BCUT2D eigenvalue weighted by Gasteiger charge is 2.33. The van der Waals surface area contributed by atoms with Crippen molar-refractivity contribution in [1.29, 1.82) is 5.26 Å².